The molecule has 0 heterocycles. The number of aliphatic hydroxyl groups excluding tert-OH is 2. The number of aliphatic hydroxyl groups is 3. The lowest BCUT2D eigenvalue weighted by Gasteiger charge is -2.45. The molecule has 3 N–H and O–H groups in total. The first kappa shape index (κ1) is 21.3. The van der Waals surface area contributed by atoms with Crippen LogP contribution >= 0.6 is 0 Å². The van der Waals surface area contributed by atoms with E-state index in [1.54, 1.807) is 7.11 Å². The Morgan fingerprint density at radius 3 is 2.37 bits per heavy atom. The first-order valence-corrected chi connectivity index (χ1v) is 10.4. The number of methoxy groups -OCH3 is 1. The third-order valence-corrected chi connectivity index (χ3v) is 8.35. The predicted octanol–water partition coefficient (Wildman–Crippen LogP) is 2.45. The molecule has 0 amide bonds. The van der Waals surface area contributed by atoms with Crippen LogP contribution in [0.15, 0.2) is 12.2 Å². The van der Waals surface area contributed by atoms with Crippen LogP contribution < -0.4 is 0 Å². The van der Waals surface area contributed by atoms with Crippen molar-refractivity contribution >= 4 is 0 Å². The Kier molecular flexibility index (Phi) is 5.84. The lowest BCUT2D eigenvalue weighted by Crippen LogP contribution is -2.52. The monoisotopic (exact) mass is 382 g/mol. The number of hydrogen-bond acceptors (Lipinski definition) is 5. The summed E-state index contributed by atoms with van der Waals surface area (Å²) in [6.45, 7) is 13.0. The van der Waals surface area contributed by atoms with Gasteiger partial charge < -0.3 is 24.8 Å². The Balaban J connectivity index is 2.06. The summed E-state index contributed by atoms with van der Waals surface area (Å²) in [5.74, 6) is 0.918. The predicted molar refractivity (Wildman–Crippen MR) is 104 cm³/mol. The Bertz CT molecular complexity index is 561. The van der Waals surface area contributed by atoms with Gasteiger partial charge >= 0.3 is 0 Å². The maximum atomic E-state index is 12.3. The fourth-order valence-corrected chi connectivity index (χ4v) is 7.04. The second-order valence-corrected chi connectivity index (χ2v) is 9.98. The molecule has 0 spiro atoms. The summed E-state index contributed by atoms with van der Waals surface area (Å²) >= 11 is 0. The van der Waals surface area contributed by atoms with Gasteiger partial charge in [0.05, 0.1) is 18.3 Å². The van der Waals surface area contributed by atoms with Crippen molar-refractivity contribution in [3.05, 3.63) is 12.2 Å². The minimum absolute atomic E-state index is 0.0251. The largest absolute Gasteiger partial charge is 0.396 e. The van der Waals surface area contributed by atoms with E-state index in [9.17, 15) is 15.3 Å². The van der Waals surface area contributed by atoms with Crippen molar-refractivity contribution in [2.75, 3.05) is 27.1 Å². The van der Waals surface area contributed by atoms with E-state index in [1.165, 1.54) is 0 Å². The van der Waals surface area contributed by atoms with Gasteiger partial charge in [-0.05, 0) is 47.8 Å². The maximum absolute atomic E-state index is 12.3. The molecule has 3 rings (SSSR count). The summed E-state index contributed by atoms with van der Waals surface area (Å²) in [5, 5.41) is 32.2. The molecule has 0 aromatic carbocycles. The molecular formula is C22H38O5. The molecule has 9 atom stereocenters. The van der Waals surface area contributed by atoms with Gasteiger partial charge in [-0.2, -0.15) is 0 Å². The fraction of sp³-hybridized carbons (Fsp3) is 0.909. The van der Waals surface area contributed by atoms with E-state index in [4.69, 9.17) is 9.47 Å². The van der Waals surface area contributed by atoms with Crippen LogP contribution in [0.5, 0.6) is 0 Å². The second-order valence-electron chi connectivity index (χ2n) is 9.98. The minimum atomic E-state index is -1.03. The van der Waals surface area contributed by atoms with E-state index in [0.29, 0.717) is 18.3 Å². The molecule has 0 aliphatic heterocycles. The molecule has 0 aromatic heterocycles. The van der Waals surface area contributed by atoms with Crippen LogP contribution in [0.3, 0.4) is 0 Å². The van der Waals surface area contributed by atoms with Gasteiger partial charge in [-0.15, -0.1) is 0 Å². The standard InChI is InChI=1S/C22H38O5/c1-12(9-23)7-16-19-15(21(19,4)5)8-13(2)18-20(27-11-26-6)14(3)17(10-24)22(16,18)25/h13-20,23-25H,1,7-11H2,2-6H3/t13-,14-,15-,16+,17-,18-,19-,20+,22-/m1/s1. The minimum Gasteiger partial charge on any atom is -0.396 e. The van der Waals surface area contributed by atoms with E-state index in [1.807, 2.05) is 0 Å². The second kappa shape index (κ2) is 7.42. The number of fused-ring (bicyclic) bond motifs is 2. The Hall–Kier alpha value is -0.460. The van der Waals surface area contributed by atoms with Crippen LogP contribution in [0.1, 0.15) is 40.5 Å². The van der Waals surface area contributed by atoms with Crippen molar-refractivity contribution in [2.45, 2.75) is 52.2 Å². The molecule has 0 radical (unpaired) electrons. The highest BCUT2D eigenvalue weighted by atomic mass is 16.7. The van der Waals surface area contributed by atoms with Crippen LogP contribution in [-0.2, 0) is 9.47 Å². The van der Waals surface area contributed by atoms with Crippen LogP contribution in [0.2, 0.25) is 0 Å². The molecule has 0 saturated heterocycles. The first-order valence-electron chi connectivity index (χ1n) is 10.4. The van der Waals surface area contributed by atoms with Crippen molar-refractivity contribution in [1.82, 2.24) is 0 Å². The number of ether oxygens (including phenoxy) is 2. The molecule has 3 saturated carbocycles. The molecule has 0 aromatic rings. The summed E-state index contributed by atoms with van der Waals surface area (Å²) in [5.41, 5.74) is -0.102. The lowest BCUT2D eigenvalue weighted by atomic mass is 9.66. The molecule has 5 heteroatoms. The van der Waals surface area contributed by atoms with Crippen molar-refractivity contribution in [3.8, 4) is 0 Å². The highest BCUT2D eigenvalue weighted by Crippen LogP contribution is 2.72. The quantitative estimate of drug-likeness (QED) is 0.466. The summed E-state index contributed by atoms with van der Waals surface area (Å²) in [4.78, 5) is 0. The third kappa shape index (κ3) is 3.10. The Morgan fingerprint density at radius 2 is 1.81 bits per heavy atom. The van der Waals surface area contributed by atoms with Gasteiger partial charge in [0.15, 0.2) is 0 Å². The zero-order valence-corrected chi connectivity index (χ0v) is 17.5. The molecule has 0 bridgehead atoms. The van der Waals surface area contributed by atoms with Crippen LogP contribution in [0, 0.1) is 46.8 Å². The third-order valence-electron chi connectivity index (χ3n) is 8.35. The van der Waals surface area contributed by atoms with Crippen LogP contribution in [-0.4, -0.2) is 54.1 Å². The zero-order chi connectivity index (χ0) is 20.1. The molecule has 3 aliphatic rings. The van der Waals surface area contributed by atoms with Gasteiger partial charge in [0.2, 0.25) is 0 Å². The SMILES string of the molecule is C=C(CO)C[C@H]1[C@H]2[C@@H](C[C@@H](C)[C@@H]3[C@@H](OCOC)[C@H](C)[C@@H](CO)[C@@]31O)C2(C)C. The number of rotatable bonds is 7. The van der Waals surface area contributed by atoms with Gasteiger partial charge in [-0.1, -0.05) is 39.8 Å². The summed E-state index contributed by atoms with van der Waals surface area (Å²) in [6, 6.07) is 0. The Morgan fingerprint density at radius 1 is 1.15 bits per heavy atom. The highest BCUT2D eigenvalue weighted by molar-refractivity contribution is 5.23. The Labute approximate surface area is 163 Å². The average molecular weight is 383 g/mol. The lowest BCUT2D eigenvalue weighted by molar-refractivity contribution is -0.148. The van der Waals surface area contributed by atoms with Crippen molar-refractivity contribution < 1.29 is 24.8 Å². The molecule has 156 valence electrons. The summed E-state index contributed by atoms with van der Waals surface area (Å²) < 4.78 is 11.2. The van der Waals surface area contributed by atoms with Crippen molar-refractivity contribution in [2.24, 2.45) is 46.8 Å². The van der Waals surface area contributed by atoms with Gasteiger partial charge in [-0.25, -0.2) is 0 Å². The molecule has 3 aliphatic carbocycles. The van der Waals surface area contributed by atoms with Gasteiger partial charge in [0, 0.05) is 25.6 Å². The highest BCUT2D eigenvalue weighted by Gasteiger charge is 2.73. The van der Waals surface area contributed by atoms with Crippen LogP contribution in [0.25, 0.3) is 0 Å². The molecular weight excluding hydrogens is 344 g/mol. The fourth-order valence-electron chi connectivity index (χ4n) is 7.04. The molecule has 3 fully saturated rings. The van der Waals surface area contributed by atoms with Gasteiger partial charge in [0.1, 0.15) is 6.79 Å². The summed E-state index contributed by atoms with van der Waals surface area (Å²) in [7, 11) is 1.61. The van der Waals surface area contributed by atoms with Crippen LogP contribution in [0.4, 0.5) is 0 Å². The first-order chi connectivity index (χ1) is 12.7. The normalized spacial score (nSPS) is 47.9. The van der Waals surface area contributed by atoms with Crippen molar-refractivity contribution in [1.29, 1.82) is 0 Å². The average Bonchev–Trinajstić information content (AvgIpc) is 3.08. The summed E-state index contributed by atoms with van der Waals surface area (Å²) in [6.07, 6.45) is 1.51. The van der Waals surface area contributed by atoms with E-state index in [2.05, 4.69) is 34.3 Å². The van der Waals surface area contributed by atoms with E-state index < -0.39 is 5.60 Å². The molecule has 0 unspecified atom stereocenters. The van der Waals surface area contributed by atoms with Crippen molar-refractivity contribution in [3.63, 3.8) is 0 Å². The molecule has 27 heavy (non-hydrogen) atoms. The van der Waals surface area contributed by atoms with Gasteiger partial charge in [-0.3, -0.25) is 0 Å². The topological polar surface area (TPSA) is 79.2 Å². The van der Waals surface area contributed by atoms with E-state index in [-0.39, 0.29) is 61.1 Å². The zero-order valence-electron chi connectivity index (χ0n) is 17.5. The molecule has 5 nitrogen and oxygen atoms in total. The van der Waals surface area contributed by atoms with Gasteiger partial charge in [0.25, 0.3) is 0 Å². The van der Waals surface area contributed by atoms with E-state index >= 15 is 0 Å². The number of hydrogen-bond donors (Lipinski definition) is 3. The maximum Gasteiger partial charge on any atom is 0.146 e. The van der Waals surface area contributed by atoms with E-state index in [0.717, 1.165) is 12.0 Å². The smallest absolute Gasteiger partial charge is 0.146 e.